The van der Waals surface area contributed by atoms with Crippen LogP contribution in [0.1, 0.15) is 45.1 Å². The summed E-state index contributed by atoms with van der Waals surface area (Å²) < 4.78 is 0. The van der Waals surface area contributed by atoms with Crippen molar-refractivity contribution < 1.29 is 4.79 Å². The molecule has 1 amide bonds. The van der Waals surface area contributed by atoms with Crippen molar-refractivity contribution in [2.45, 2.75) is 45.6 Å². The zero-order chi connectivity index (χ0) is 15.2. The van der Waals surface area contributed by atoms with Crippen molar-refractivity contribution in [3.63, 3.8) is 0 Å². The molecule has 0 radical (unpaired) electrons. The number of anilines is 1. The highest BCUT2D eigenvalue weighted by Crippen LogP contribution is 2.30. The summed E-state index contributed by atoms with van der Waals surface area (Å²) in [6.45, 7) is 4.50. The van der Waals surface area contributed by atoms with Crippen molar-refractivity contribution in [3.8, 4) is 0 Å². The molecule has 114 valence electrons. The normalized spacial score (nSPS) is 22.6. The highest BCUT2D eigenvalue weighted by Gasteiger charge is 2.27. The van der Waals surface area contributed by atoms with Crippen LogP contribution in [-0.4, -0.2) is 11.9 Å². The van der Waals surface area contributed by atoms with E-state index in [0.29, 0.717) is 23.6 Å². The minimum atomic E-state index is -0.00465. The Bertz CT molecular complexity index is 508. The lowest BCUT2D eigenvalue weighted by atomic mass is 9.78. The van der Waals surface area contributed by atoms with Crippen molar-refractivity contribution in [3.05, 3.63) is 35.9 Å². The van der Waals surface area contributed by atoms with Gasteiger partial charge in [0, 0.05) is 17.8 Å². The van der Waals surface area contributed by atoms with Gasteiger partial charge >= 0.3 is 0 Å². The molecule has 1 aromatic rings. The van der Waals surface area contributed by atoms with E-state index in [1.165, 1.54) is 19.3 Å². The number of nitrogens with one attached hydrogen (secondary N) is 1. The fourth-order valence-corrected chi connectivity index (χ4v) is 3.20. The largest absolute Gasteiger partial charge is 0.399 e. The molecule has 0 aromatic heterocycles. The Labute approximate surface area is 127 Å². The van der Waals surface area contributed by atoms with Gasteiger partial charge in [-0.2, -0.15) is 0 Å². The first-order valence-electron chi connectivity index (χ1n) is 7.90. The lowest BCUT2D eigenvalue weighted by Crippen LogP contribution is -2.43. The average Bonchev–Trinajstić information content (AvgIpc) is 2.45. The molecule has 3 N–H and O–H groups in total. The van der Waals surface area contributed by atoms with Gasteiger partial charge in [-0.25, -0.2) is 0 Å². The first kappa shape index (κ1) is 15.6. The van der Waals surface area contributed by atoms with Gasteiger partial charge in [-0.3, -0.25) is 4.79 Å². The quantitative estimate of drug-likeness (QED) is 0.656. The Morgan fingerprint density at radius 3 is 2.81 bits per heavy atom. The molecule has 1 fully saturated rings. The van der Waals surface area contributed by atoms with Gasteiger partial charge in [-0.1, -0.05) is 38.8 Å². The van der Waals surface area contributed by atoms with E-state index in [0.717, 1.165) is 12.0 Å². The van der Waals surface area contributed by atoms with Crippen LogP contribution in [0.25, 0.3) is 6.08 Å². The van der Waals surface area contributed by atoms with Crippen LogP contribution < -0.4 is 11.1 Å². The number of hydrogen-bond donors (Lipinski definition) is 2. The van der Waals surface area contributed by atoms with Crippen molar-refractivity contribution in [2.75, 3.05) is 5.73 Å². The summed E-state index contributed by atoms with van der Waals surface area (Å²) in [4.78, 5) is 12.1. The van der Waals surface area contributed by atoms with E-state index in [-0.39, 0.29) is 5.91 Å². The van der Waals surface area contributed by atoms with Gasteiger partial charge in [0.25, 0.3) is 0 Å². The first-order chi connectivity index (χ1) is 10.1. The lowest BCUT2D eigenvalue weighted by Gasteiger charge is -2.34. The number of amides is 1. The Morgan fingerprint density at radius 1 is 1.33 bits per heavy atom. The molecule has 2 unspecified atom stereocenters. The zero-order valence-electron chi connectivity index (χ0n) is 13.0. The van der Waals surface area contributed by atoms with Gasteiger partial charge in [-0.05, 0) is 48.4 Å². The number of hydrogen-bond acceptors (Lipinski definition) is 2. The summed E-state index contributed by atoms with van der Waals surface area (Å²) in [5.74, 6) is 1.21. The molecule has 21 heavy (non-hydrogen) atoms. The Hall–Kier alpha value is -1.77. The second-order valence-corrected chi connectivity index (χ2v) is 6.31. The fourth-order valence-electron chi connectivity index (χ4n) is 3.20. The summed E-state index contributed by atoms with van der Waals surface area (Å²) in [5.41, 5.74) is 7.40. The summed E-state index contributed by atoms with van der Waals surface area (Å²) in [7, 11) is 0. The highest BCUT2D eigenvalue weighted by molar-refractivity contribution is 5.92. The molecule has 3 nitrogen and oxygen atoms in total. The Balaban J connectivity index is 1.94. The van der Waals surface area contributed by atoms with Crippen LogP contribution in [0.4, 0.5) is 5.69 Å². The number of benzene rings is 1. The van der Waals surface area contributed by atoms with E-state index in [9.17, 15) is 4.79 Å². The van der Waals surface area contributed by atoms with Crippen molar-refractivity contribution >= 4 is 17.7 Å². The summed E-state index contributed by atoms with van der Waals surface area (Å²) in [6.07, 6.45) is 8.25. The van der Waals surface area contributed by atoms with Crippen molar-refractivity contribution in [1.82, 2.24) is 5.32 Å². The van der Waals surface area contributed by atoms with E-state index in [1.54, 1.807) is 6.08 Å². The monoisotopic (exact) mass is 286 g/mol. The predicted octanol–water partition coefficient (Wildman–Crippen LogP) is 3.61. The maximum atomic E-state index is 12.1. The summed E-state index contributed by atoms with van der Waals surface area (Å²) in [6, 6.07) is 7.85. The van der Waals surface area contributed by atoms with Crippen molar-refractivity contribution in [2.24, 2.45) is 11.8 Å². The van der Waals surface area contributed by atoms with Crippen LogP contribution in [0.3, 0.4) is 0 Å². The summed E-state index contributed by atoms with van der Waals surface area (Å²) >= 11 is 0. The van der Waals surface area contributed by atoms with Crippen LogP contribution >= 0.6 is 0 Å². The van der Waals surface area contributed by atoms with Gasteiger partial charge in [0.05, 0.1) is 0 Å². The number of carbonyl (C=O) groups excluding carboxylic acids is 1. The van der Waals surface area contributed by atoms with Crippen LogP contribution in [-0.2, 0) is 4.79 Å². The van der Waals surface area contributed by atoms with Crippen molar-refractivity contribution in [1.29, 1.82) is 0 Å². The molecule has 1 aromatic carbocycles. The highest BCUT2D eigenvalue weighted by atomic mass is 16.1. The van der Waals surface area contributed by atoms with E-state index < -0.39 is 0 Å². The molecule has 0 saturated heterocycles. The summed E-state index contributed by atoms with van der Waals surface area (Å²) in [5, 5.41) is 3.18. The molecule has 3 heteroatoms. The third kappa shape index (κ3) is 4.62. The molecule has 0 heterocycles. The molecule has 0 spiro atoms. The number of carbonyl (C=O) groups is 1. The van der Waals surface area contributed by atoms with Gasteiger partial charge in [0.2, 0.25) is 5.91 Å². The Morgan fingerprint density at radius 2 is 2.10 bits per heavy atom. The van der Waals surface area contributed by atoms with Crippen LogP contribution in [0.2, 0.25) is 0 Å². The minimum absolute atomic E-state index is 0.00465. The van der Waals surface area contributed by atoms with E-state index in [1.807, 2.05) is 30.3 Å². The predicted molar refractivity (Wildman–Crippen MR) is 88.6 cm³/mol. The maximum absolute atomic E-state index is 12.1. The number of rotatable bonds is 4. The number of nitrogens with two attached hydrogens (primary N) is 1. The van der Waals surface area contributed by atoms with Gasteiger partial charge in [0.1, 0.15) is 0 Å². The smallest absolute Gasteiger partial charge is 0.244 e. The molecule has 2 rings (SSSR count). The third-order valence-corrected chi connectivity index (χ3v) is 4.34. The van der Waals surface area contributed by atoms with E-state index >= 15 is 0 Å². The van der Waals surface area contributed by atoms with Gasteiger partial charge in [0.15, 0.2) is 0 Å². The maximum Gasteiger partial charge on any atom is 0.244 e. The standard InChI is InChI=1S/C18H26N2O/c1-13(2)16-8-3-4-9-17(16)20-18(21)11-10-14-6-5-7-15(19)12-14/h5-7,10-13,16-17H,3-4,8-9,19H2,1-2H3,(H,20,21)/b11-10+. The van der Waals surface area contributed by atoms with Gasteiger partial charge < -0.3 is 11.1 Å². The molecule has 0 aliphatic heterocycles. The van der Waals surface area contributed by atoms with E-state index in [4.69, 9.17) is 5.73 Å². The number of nitrogen functional groups attached to an aromatic ring is 1. The van der Waals surface area contributed by atoms with Crippen LogP contribution in [0.5, 0.6) is 0 Å². The molecule has 1 aliphatic rings. The second kappa shape index (κ2) is 7.30. The first-order valence-corrected chi connectivity index (χ1v) is 7.90. The van der Waals surface area contributed by atoms with Crippen LogP contribution in [0, 0.1) is 11.8 Å². The minimum Gasteiger partial charge on any atom is -0.399 e. The molecular formula is C18H26N2O. The average molecular weight is 286 g/mol. The van der Waals surface area contributed by atoms with Gasteiger partial charge in [-0.15, -0.1) is 0 Å². The molecule has 2 atom stereocenters. The third-order valence-electron chi connectivity index (χ3n) is 4.34. The zero-order valence-corrected chi connectivity index (χ0v) is 13.0. The fraction of sp³-hybridized carbons (Fsp3) is 0.500. The molecule has 1 saturated carbocycles. The SMILES string of the molecule is CC(C)C1CCCCC1NC(=O)/C=C/c1cccc(N)c1. The molecule has 1 aliphatic carbocycles. The van der Waals surface area contributed by atoms with Crippen LogP contribution in [0.15, 0.2) is 30.3 Å². The second-order valence-electron chi connectivity index (χ2n) is 6.31. The lowest BCUT2D eigenvalue weighted by molar-refractivity contribution is -0.117. The topological polar surface area (TPSA) is 55.1 Å². The van der Waals surface area contributed by atoms with E-state index in [2.05, 4.69) is 19.2 Å². The molecule has 0 bridgehead atoms. The molecular weight excluding hydrogens is 260 g/mol. The Kier molecular flexibility index (Phi) is 5.43.